The second kappa shape index (κ2) is 9.40. The van der Waals surface area contributed by atoms with E-state index in [1.807, 2.05) is 0 Å². The molecule has 0 aliphatic carbocycles. The van der Waals surface area contributed by atoms with Crippen molar-refractivity contribution in [1.29, 1.82) is 0 Å². The van der Waals surface area contributed by atoms with E-state index in [1.54, 1.807) is 0 Å². The molecule has 74 valence electrons. The molecule has 1 atom stereocenters. The van der Waals surface area contributed by atoms with Crippen LogP contribution in [0, 0.1) is 0 Å². The molecule has 0 saturated carbocycles. The van der Waals surface area contributed by atoms with Crippen molar-refractivity contribution >= 4 is 12.6 Å². The summed E-state index contributed by atoms with van der Waals surface area (Å²) in [6.07, 6.45) is 6.42. The number of hydrogen-bond acceptors (Lipinski definition) is 2. The first-order chi connectivity index (χ1) is 5.85. The number of hydrogen-bond donors (Lipinski definition) is 1. The number of thiol groups is 1. The van der Waals surface area contributed by atoms with Crippen LogP contribution in [-0.4, -0.2) is 18.5 Å². The van der Waals surface area contributed by atoms with Crippen molar-refractivity contribution in [2.45, 2.75) is 52.1 Å². The summed E-state index contributed by atoms with van der Waals surface area (Å²) in [5.41, 5.74) is 0. The normalized spacial score (nSPS) is 13.2. The molecule has 0 amide bonds. The highest BCUT2D eigenvalue weighted by Crippen LogP contribution is 2.06. The third-order valence-corrected chi connectivity index (χ3v) is 2.27. The minimum Gasteiger partial charge on any atom is -0.378 e. The van der Waals surface area contributed by atoms with Gasteiger partial charge in [0.05, 0.1) is 6.10 Å². The summed E-state index contributed by atoms with van der Waals surface area (Å²) >= 11 is 4.20. The third kappa shape index (κ3) is 6.99. The van der Waals surface area contributed by atoms with Crippen LogP contribution < -0.4 is 0 Å². The van der Waals surface area contributed by atoms with Crippen molar-refractivity contribution in [2.75, 3.05) is 12.4 Å². The first-order valence-electron chi connectivity index (χ1n) is 5.07. The molecule has 0 rings (SSSR count). The first kappa shape index (κ1) is 12.3. The molecule has 2 heteroatoms. The summed E-state index contributed by atoms with van der Waals surface area (Å²) in [7, 11) is 0. The minimum atomic E-state index is 0.444. The Morgan fingerprint density at radius 3 is 2.50 bits per heavy atom. The van der Waals surface area contributed by atoms with Gasteiger partial charge in [-0.15, -0.1) is 0 Å². The lowest BCUT2D eigenvalue weighted by molar-refractivity contribution is 0.0467. The molecule has 1 nitrogen and oxygen atoms in total. The quantitative estimate of drug-likeness (QED) is 0.456. The highest BCUT2D eigenvalue weighted by atomic mass is 32.1. The average molecular weight is 190 g/mol. The Labute approximate surface area is 82.3 Å². The molecule has 0 aromatic heterocycles. The molecular weight excluding hydrogens is 168 g/mol. The van der Waals surface area contributed by atoms with E-state index in [4.69, 9.17) is 4.74 Å². The summed E-state index contributed by atoms with van der Waals surface area (Å²) in [6, 6.07) is 0. The molecule has 0 fully saturated rings. The number of ether oxygens (including phenoxy) is 1. The molecular formula is C10H22OS. The Balaban J connectivity index is 3.19. The van der Waals surface area contributed by atoms with Gasteiger partial charge in [0.2, 0.25) is 0 Å². The van der Waals surface area contributed by atoms with E-state index in [0.29, 0.717) is 6.10 Å². The second-order valence-electron chi connectivity index (χ2n) is 3.12. The predicted molar refractivity (Wildman–Crippen MR) is 58.0 cm³/mol. The van der Waals surface area contributed by atoms with Crippen LogP contribution in [0.15, 0.2) is 0 Å². The molecule has 0 spiro atoms. The zero-order valence-electron chi connectivity index (χ0n) is 8.38. The maximum Gasteiger partial charge on any atom is 0.0580 e. The van der Waals surface area contributed by atoms with Gasteiger partial charge in [-0.25, -0.2) is 0 Å². The van der Waals surface area contributed by atoms with Gasteiger partial charge < -0.3 is 4.74 Å². The van der Waals surface area contributed by atoms with Gasteiger partial charge in [0.25, 0.3) is 0 Å². The summed E-state index contributed by atoms with van der Waals surface area (Å²) in [5, 5.41) is 0. The first-order valence-corrected chi connectivity index (χ1v) is 5.70. The molecule has 1 unspecified atom stereocenters. The van der Waals surface area contributed by atoms with E-state index in [0.717, 1.165) is 25.2 Å². The van der Waals surface area contributed by atoms with Crippen LogP contribution >= 0.6 is 12.6 Å². The maximum absolute atomic E-state index is 5.68. The van der Waals surface area contributed by atoms with Crippen LogP contribution in [0.1, 0.15) is 46.0 Å². The van der Waals surface area contributed by atoms with Crippen LogP contribution in [-0.2, 0) is 4.74 Å². The topological polar surface area (TPSA) is 9.23 Å². The Morgan fingerprint density at radius 2 is 2.00 bits per heavy atom. The number of rotatable bonds is 8. The molecule has 0 heterocycles. The molecule has 0 aliphatic rings. The van der Waals surface area contributed by atoms with Gasteiger partial charge in [0.1, 0.15) is 0 Å². The Hall–Kier alpha value is 0.310. The second-order valence-corrected chi connectivity index (χ2v) is 3.57. The molecule has 12 heavy (non-hydrogen) atoms. The van der Waals surface area contributed by atoms with Crippen molar-refractivity contribution in [3.05, 3.63) is 0 Å². The minimum absolute atomic E-state index is 0.444. The van der Waals surface area contributed by atoms with Gasteiger partial charge >= 0.3 is 0 Å². The highest BCUT2D eigenvalue weighted by Gasteiger charge is 2.03. The zero-order valence-corrected chi connectivity index (χ0v) is 9.28. The van der Waals surface area contributed by atoms with Crippen molar-refractivity contribution in [1.82, 2.24) is 0 Å². The van der Waals surface area contributed by atoms with Crippen LogP contribution in [0.25, 0.3) is 0 Å². The van der Waals surface area contributed by atoms with Crippen LogP contribution in [0.4, 0.5) is 0 Å². The fourth-order valence-electron chi connectivity index (χ4n) is 1.15. The third-order valence-electron chi connectivity index (χ3n) is 2.01. The van der Waals surface area contributed by atoms with E-state index in [-0.39, 0.29) is 0 Å². The van der Waals surface area contributed by atoms with Gasteiger partial charge in [-0.2, -0.15) is 12.6 Å². The van der Waals surface area contributed by atoms with Crippen LogP contribution in [0.3, 0.4) is 0 Å². The summed E-state index contributed by atoms with van der Waals surface area (Å²) in [5.74, 6) is 0.937. The molecule has 0 N–H and O–H groups in total. The van der Waals surface area contributed by atoms with E-state index >= 15 is 0 Å². The predicted octanol–water partition coefficient (Wildman–Crippen LogP) is 3.29. The Kier molecular flexibility index (Phi) is 9.64. The largest absolute Gasteiger partial charge is 0.378 e. The van der Waals surface area contributed by atoms with Gasteiger partial charge in [-0.3, -0.25) is 0 Å². The molecule has 0 aromatic rings. The van der Waals surface area contributed by atoms with Crippen LogP contribution in [0.5, 0.6) is 0 Å². The molecule has 0 radical (unpaired) electrons. The summed E-state index contributed by atoms with van der Waals surface area (Å²) < 4.78 is 5.68. The monoisotopic (exact) mass is 190 g/mol. The molecule has 0 saturated heterocycles. The lowest BCUT2D eigenvalue weighted by atomic mass is 10.2. The van der Waals surface area contributed by atoms with E-state index in [1.165, 1.54) is 19.3 Å². The van der Waals surface area contributed by atoms with Gasteiger partial charge in [0, 0.05) is 6.61 Å². The van der Waals surface area contributed by atoms with Gasteiger partial charge in [-0.1, -0.05) is 26.7 Å². The lowest BCUT2D eigenvalue weighted by Gasteiger charge is -2.14. The van der Waals surface area contributed by atoms with E-state index in [2.05, 4.69) is 26.5 Å². The highest BCUT2D eigenvalue weighted by molar-refractivity contribution is 7.80. The SMILES string of the molecule is CCCCCOC(CC)CCS. The van der Waals surface area contributed by atoms with Gasteiger partial charge in [-0.05, 0) is 25.0 Å². The number of unbranched alkanes of at least 4 members (excludes halogenated alkanes) is 2. The van der Waals surface area contributed by atoms with Crippen molar-refractivity contribution in [2.24, 2.45) is 0 Å². The van der Waals surface area contributed by atoms with Crippen molar-refractivity contribution < 1.29 is 4.74 Å². The van der Waals surface area contributed by atoms with Crippen molar-refractivity contribution in [3.8, 4) is 0 Å². The smallest absolute Gasteiger partial charge is 0.0580 e. The molecule has 0 aliphatic heterocycles. The zero-order chi connectivity index (χ0) is 9.23. The average Bonchev–Trinajstić information content (AvgIpc) is 2.10. The fourth-order valence-corrected chi connectivity index (χ4v) is 1.44. The Morgan fingerprint density at radius 1 is 1.25 bits per heavy atom. The Bertz CT molecular complexity index is 85.9. The van der Waals surface area contributed by atoms with E-state index in [9.17, 15) is 0 Å². The maximum atomic E-state index is 5.68. The van der Waals surface area contributed by atoms with E-state index < -0.39 is 0 Å². The van der Waals surface area contributed by atoms with Crippen LogP contribution in [0.2, 0.25) is 0 Å². The molecule has 0 aromatic carbocycles. The fraction of sp³-hybridized carbons (Fsp3) is 1.00. The van der Waals surface area contributed by atoms with Crippen molar-refractivity contribution in [3.63, 3.8) is 0 Å². The summed E-state index contributed by atoms with van der Waals surface area (Å²) in [6.45, 7) is 5.32. The molecule has 0 bridgehead atoms. The standard InChI is InChI=1S/C10H22OS/c1-3-5-6-8-11-10(4-2)7-9-12/h10,12H,3-9H2,1-2H3. The van der Waals surface area contributed by atoms with Gasteiger partial charge in [0.15, 0.2) is 0 Å². The summed E-state index contributed by atoms with van der Waals surface area (Å²) in [4.78, 5) is 0. The lowest BCUT2D eigenvalue weighted by Crippen LogP contribution is -2.13.